The highest BCUT2D eigenvalue weighted by Crippen LogP contribution is 2.23. The predicted molar refractivity (Wildman–Crippen MR) is 119 cm³/mol. The van der Waals surface area contributed by atoms with Crippen molar-refractivity contribution < 1.29 is 14.4 Å². The molecule has 1 fully saturated rings. The molecule has 2 aliphatic rings. The summed E-state index contributed by atoms with van der Waals surface area (Å²) in [5.74, 6) is 1.65. The van der Waals surface area contributed by atoms with Crippen molar-refractivity contribution in [2.45, 2.75) is 31.4 Å². The van der Waals surface area contributed by atoms with Crippen LogP contribution in [0.4, 0.5) is 0 Å². The molecule has 2 aliphatic heterocycles. The lowest BCUT2D eigenvalue weighted by Crippen LogP contribution is -2.30. The number of amides is 3. The summed E-state index contributed by atoms with van der Waals surface area (Å²) < 4.78 is 0. The highest BCUT2D eigenvalue weighted by molar-refractivity contribution is 7.98. The van der Waals surface area contributed by atoms with E-state index >= 15 is 0 Å². The second kappa shape index (κ2) is 9.47. The van der Waals surface area contributed by atoms with Gasteiger partial charge in [-0.2, -0.15) is 11.8 Å². The average molecular weight is 423 g/mol. The molecule has 0 atom stereocenters. The summed E-state index contributed by atoms with van der Waals surface area (Å²) in [6.07, 6.45) is 3.96. The standard InChI is InChI=1S/C24H26N2O3S/c27-22(25-13-3-4-14-25)19-11-9-18(10-12-19)17-30-16-6-5-15-26-23(28)20-7-1-2-8-21(20)24(26)29/h1-2,7-12H,3-6,13-17H2. The van der Waals surface area contributed by atoms with E-state index in [1.165, 1.54) is 10.5 Å². The second-order valence-electron chi connectivity index (χ2n) is 7.76. The van der Waals surface area contributed by atoms with E-state index in [-0.39, 0.29) is 17.7 Å². The van der Waals surface area contributed by atoms with Crippen molar-refractivity contribution >= 4 is 29.5 Å². The quantitative estimate of drug-likeness (QED) is 0.472. The predicted octanol–water partition coefficient (Wildman–Crippen LogP) is 4.23. The molecule has 2 aromatic carbocycles. The molecule has 1 saturated heterocycles. The van der Waals surface area contributed by atoms with E-state index in [0.717, 1.165) is 55.8 Å². The molecule has 0 N–H and O–H groups in total. The SMILES string of the molecule is O=C(c1ccc(CSCCCCN2C(=O)c3ccccc3C2=O)cc1)N1CCCC1. The third kappa shape index (κ3) is 4.43. The van der Waals surface area contributed by atoms with Crippen LogP contribution in [0.3, 0.4) is 0 Å². The van der Waals surface area contributed by atoms with Crippen LogP contribution >= 0.6 is 11.8 Å². The largest absolute Gasteiger partial charge is 0.339 e. The Morgan fingerprint density at radius 2 is 1.50 bits per heavy atom. The number of imide groups is 1. The van der Waals surface area contributed by atoms with Gasteiger partial charge in [-0.3, -0.25) is 19.3 Å². The molecule has 2 aromatic rings. The molecule has 5 nitrogen and oxygen atoms in total. The Kier molecular flexibility index (Phi) is 6.53. The number of thioether (sulfide) groups is 1. The number of benzene rings is 2. The molecule has 0 aliphatic carbocycles. The van der Waals surface area contributed by atoms with Crippen molar-refractivity contribution in [2.75, 3.05) is 25.4 Å². The van der Waals surface area contributed by atoms with Crippen molar-refractivity contribution in [2.24, 2.45) is 0 Å². The van der Waals surface area contributed by atoms with E-state index in [1.54, 1.807) is 24.3 Å². The monoisotopic (exact) mass is 422 g/mol. The Labute approximate surface area is 181 Å². The molecular formula is C24H26N2O3S. The van der Waals surface area contributed by atoms with Gasteiger partial charge in [-0.25, -0.2) is 0 Å². The van der Waals surface area contributed by atoms with E-state index in [2.05, 4.69) is 0 Å². The molecular weight excluding hydrogens is 396 g/mol. The van der Waals surface area contributed by atoms with Crippen molar-refractivity contribution in [3.63, 3.8) is 0 Å². The summed E-state index contributed by atoms with van der Waals surface area (Å²) in [6, 6.07) is 14.9. The Morgan fingerprint density at radius 3 is 2.13 bits per heavy atom. The Morgan fingerprint density at radius 1 is 0.867 bits per heavy atom. The van der Waals surface area contributed by atoms with Gasteiger partial charge in [0.1, 0.15) is 0 Å². The van der Waals surface area contributed by atoms with Gasteiger partial charge < -0.3 is 4.90 Å². The van der Waals surface area contributed by atoms with Gasteiger partial charge in [-0.1, -0.05) is 24.3 Å². The molecule has 0 spiro atoms. The fourth-order valence-electron chi connectivity index (χ4n) is 3.95. The maximum atomic E-state index is 12.4. The first kappa shape index (κ1) is 20.7. The van der Waals surface area contributed by atoms with Crippen LogP contribution < -0.4 is 0 Å². The van der Waals surface area contributed by atoms with Gasteiger partial charge in [0.2, 0.25) is 0 Å². The minimum absolute atomic E-state index is 0.139. The Balaban J connectivity index is 1.16. The third-order valence-corrected chi connectivity index (χ3v) is 6.78. The Bertz CT molecular complexity index is 901. The first-order chi connectivity index (χ1) is 14.6. The lowest BCUT2D eigenvalue weighted by molar-refractivity contribution is 0.0651. The van der Waals surface area contributed by atoms with Gasteiger partial charge in [0.25, 0.3) is 17.7 Å². The summed E-state index contributed by atoms with van der Waals surface area (Å²) in [5.41, 5.74) is 3.01. The number of rotatable bonds is 8. The zero-order chi connectivity index (χ0) is 20.9. The zero-order valence-corrected chi connectivity index (χ0v) is 17.8. The third-order valence-electron chi connectivity index (χ3n) is 5.66. The van der Waals surface area contributed by atoms with Crippen molar-refractivity contribution in [3.05, 3.63) is 70.8 Å². The zero-order valence-electron chi connectivity index (χ0n) is 17.0. The summed E-state index contributed by atoms with van der Waals surface area (Å²) in [6.45, 7) is 2.22. The lowest BCUT2D eigenvalue weighted by atomic mass is 10.1. The minimum Gasteiger partial charge on any atom is -0.339 e. The van der Waals surface area contributed by atoms with E-state index in [0.29, 0.717) is 17.7 Å². The molecule has 30 heavy (non-hydrogen) atoms. The van der Waals surface area contributed by atoms with Crippen LogP contribution in [0.1, 0.15) is 62.3 Å². The molecule has 0 unspecified atom stereocenters. The highest BCUT2D eigenvalue weighted by atomic mass is 32.2. The number of likely N-dealkylation sites (tertiary alicyclic amines) is 1. The number of carbonyl (C=O) groups excluding carboxylic acids is 3. The molecule has 3 amide bonds. The van der Waals surface area contributed by atoms with E-state index in [9.17, 15) is 14.4 Å². The molecule has 0 bridgehead atoms. The highest BCUT2D eigenvalue weighted by Gasteiger charge is 2.34. The number of unbranched alkanes of at least 4 members (excludes halogenated alkanes) is 1. The normalized spacial score (nSPS) is 15.7. The molecule has 0 aromatic heterocycles. The summed E-state index contributed by atoms with van der Waals surface area (Å²) in [5, 5.41) is 0. The maximum Gasteiger partial charge on any atom is 0.261 e. The van der Waals surface area contributed by atoms with Gasteiger partial charge in [0.05, 0.1) is 11.1 Å². The van der Waals surface area contributed by atoms with Gasteiger partial charge >= 0.3 is 0 Å². The van der Waals surface area contributed by atoms with Crippen LogP contribution in [0.5, 0.6) is 0 Å². The van der Waals surface area contributed by atoms with Gasteiger partial charge in [-0.15, -0.1) is 0 Å². The summed E-state index contributed by atoms with van der Waals surface area (Å²) >= 11 is 1.83. The van der Waals surface area contributed by atoms with Gasteiger partial charge in [0, 0.05) is 31.0 Å². The molecule has 2 heterocycles. The van der Waals surface area contributed by atoms with Crippen LogP contribution in [0, 0.1) is 0 Å². The lowest BCUT2D eigenvalue weighted by Gasteiger charge is -2.15. The molecule has 0 radical (unpaired) electrons. The van der Waals surface area contributed by atoms with Crippen LogP contribution in [-0.2, 0) is 5.75 Å². The van der Waals surface area contributed by atoms with Crippen molar-refractivity contribution in [3.8, 4) is 0 Å². The first-order valence-electron chi connectivity index (χ1n) is 10.6. The topological polar surface area (TPSA) is 57.7 Å². The number of hydrogen-bond donors (Lipinski definition) is 0. The Hall–Kier alpha value is -2.60. The number of nitrogens with zero attached hydrogens (tertiary/aromatic N) is 2. The fourth-order valence-corrected chi connectivity index (χ4v) is 4.93. The number of carbonyl (C=O) groups is 3. The van der Waals surface area contributed by atoms with Gasteiger partial charge in [0.15, 0.2) is 0 Å². The summed E-state index contributed by atoms with van der Waals surface area (Å²) in [7, 11) is 0. The van der Waals surface area contributed by atoms with E-state index in [4.69, 9.17) is 0 Å². The number of hydrogen-bond acceptors (Lipinski definition) is 4. The number of fused-ring (bicyclic) bond motifs is 1. The fraction of sp³-hybridized carbons (Fsp3) is 0.375. The van der Waals surface area contributed by atoms with Crippen LogP contribution in [0.25, 0.3) is 0 Å². The molecule has 0 saturated carbocycles. The smallest absolute Gasteiger partial charge is 0.261 e. The van der Waals surface area contributed by atoms with Crippen LogP contribution in [0.2, 0.25) is 0 Å². The average Bonchev–Trinajstić information content (AvgIpc) is 3.40. The van der Waals surface area contributed by atoms with E-state index < -0.39 is 0 Å². The first-order valence-corrected chi connectivity index (χ1v) is 11.7. The minimum atomic E-state index is -0.174. The summed E-state index contributed by atoms with van der Waals surface area (Å²) in [4.78, 5) is 40.4. The van der Waals surface area contributed by atoms with Gasteiger partial charge in [-0.05, 0) is 61.3 Å². The van der Waals surface area contributed by atoms with Crippen molar-refractivity contribution in [1.82, 2.24) is 9.80 Å². The molecule has 6 heteroatoms. The molecule has 4 rings (SSSR count). The second-order valence-corrected chi connectivity index (χ2v) is 8.87. The van der Waals surface area contributed by atoms with Crippen LogP contribution in [0.15, 0.2) is 48.5 Å². The van der Waals surface area contributed by atoms with Crippen LogP contribution in [-0.4, -0.2) is 52.9 Å². The molecule has 156 valence electrons. The van der Waals surface area contributed by atoms with E-state index in [1.807, 2.05) is 40.9 Å². The maximum absolute atomic E-state index is 12.4. The van der Waals surface area contributed by atoms with Crippen molar-refractivity contribution in [1.29, 1.82) is 0 Å².